The highest BCUT2D eigenvalue weighted by atomic mass is 15.2. The maximum Gasteiger partial charge on any atom is 0.132 e. The molecule has 0 spiro atoms. The molecule has 1 N–H and O–H groups in total. The van der Waals surface area contributed by atoms with Gasteiger partial charge in [0, 0.05) is 24.8 Å². The van der Waals surface area contributed by atoms with Gasteiger partial charge in [-0.3, -0.25) is 0 Å². The minimum atomic E-state index is 0.788. The number of anilines is 1. The Bertz CT molecular complexity index is 393. The average Bonchev–Trinajstić information content (AvgIpc) is 2.86. The standard InChI is InChI=1S/C15H24N4/c1-2-9-19(8-1)15-11-14(17-12-18-15)10-13-4-3-6-16-7-5-13/h11-13,16H,1-10H2. The SMILES string of the molecule is c1nc(CC2CCCNCC2)cc(N2CCCC2)n1. The van der Waals surface area contributed by atoms with Crippen molar-refractivity contribution in [2.75, 3.05) is 31.1 Å². The molecule has 3 rings (SSSR count). The summed E-state index contributed by atoms with van der Waals surface area (Å²) in [6, 6.07) is 2.21. The van der Waals surface area contributed by atoms with Gasteiger partial charge in [0.05, 0.1) is 0 Å². The van der Waals surface area contributed by atoms with E-state index in [4.69, 9.17) is 0 Å². The van der Waals surface area contributed by atoms with Crippen molar-refractivity contribution < 1.29 is 0 Å². The topological polar surface area (TPSA) is 41.1 Å². The van der Waals surface area contributed by atoms with Crippen LogP contribution < -0.4 is 10.2 Å². The first-order valence-corrected chi connectivity index (χ1v) is 7.68. The van der Waals surface area contributed by atoms with Crippen LogP contribution in [0.3, 0.4) is 0 Å². The van der Waals surface area contributed by atoms with Crippen LogP contribution in [-0.2, 0) is 6.42 Å². The third kappa shape index (κ3) is 3.44. The fraction of sp³-hybridized carbons (Fsp3) is 0.733. The molecule has 2 fully saturated rings. The second-order valence-corrected chi connectivity index (χ2v) is 5.81. The Kier molecular flexibility index (Phi) is 4.28. The average molecular weight is 260 g/mol. The van der Waals surface area contributed by atoms with Crippen molar-refractivity contribution in [3.8, 4) is 0 Å². The van der Waals surface area contributed by atoms with Crippen molar-refractivity contribution in [2.24, 2.45) is 5.92 Å². The molecule has 1 aromatic rings. The van der Waals surface area contributed by atoms with E-state index >= 15 is 0 Å². The zero-order valence-corrected chi connectivity index (χ0v) is 11.6. The fourth-order valence-corrected chi connectivity index (χ4v) is 3.21. The zero-order chi connectivity index (χ0) is 12.9. The van der Waals surface area contributed by atoms with Gasteiger partial charge in [-0.2, -0.15) is 0 Å². The van der Waals surface area contributed by atoms with Crippen LogP contribution in [0.15, 0.2) is 12.4 Å². The van der Waals surface area contributed by atoms with Gasteiger partial charge in [-0.1, -0.05) is 0 Å². The van der Waals surface area contributed by atoms with Crippen LogP contribution in [0.2, 0.25) is 0 Å². The monoisotopic (exact) mass is 260 g/mol. The Morgan fingerprint density at radius 1 is 1.11 bits per heavy atom. The molecule has 2 aliphatic rings. The van der Waals surface area contributed by atoms with Crippen molar-refractivity contribution >= 4 is 5.82 Å². The van der Waals surface area contributed by atoms with E-state index < -0.39 is 0 Å². The van der Waals surface area contributed by atoms with E-state index in [-0.39, 0.29) is 0 Å². The minimum absolute atomic E-state index is 0.788. The molecule has 0 saturated carbocycles. The molecule has 2 aliphatic heterocycles. The normalized spacial score (nSPS) is 24.4. The molecule has 0 radical (unpaired) electrons. The molecule has 1 atom stereocenters. The van der Waals surface area contributed by atoms with Gasteiger partial charge in [-0.15, -0.1) is 0 Å². The van der Waals surface area contributed by atoms with E-state index in [1.165, 1.54) is 44.3 Å². The Labute approximate surface area is 115 Å². The lowest BCUT2D eigenvalue weighted by molar-refractivity contribution is 0.465. The van der Waals surface area contributed by atoms with Crippen molar-refractivity contribution in [2.45, 2.75) is 38.5 Å². The van der Waals surface area contributed by atoms with E-state index in [1.807, 2.05) is 0 Å². The van der Waals surface area contributed by atoms with E-state index in [1.54, 1.807) is 6.33 Å². The predicted octanol–water partition coefficient (Wildman–Crippen LogP) is 2.01. The van der Waals surface area contributed by atoms with Crippen LogP contribution in [0.25, 0.3) is 0 Å². The van der Waals surface area contributed by atoms with E-state index in [0.29, 0.717) is 0 Å². The Hall–Kier alpha value is -1.16. The first-order valence-electron chi connectivity index (χ1n) is 7.68. The van der Waals surface area contributed by atoms with Crippen LogP contribution in [-0.4, -0.2) is 36.1 Å². The quantitative estimate of drug-likeness (QED) is 0.902. The van der Waals surface area contributed by atoms with Gasteiger partial charge in [-0.05, 0) is 57.5 Å². The highest BCUT2D eigenvalue weighted by Crippen LogP contribution is 2.21. The van der Waals surface area contributed by atoms with Crippen molar-refractivity contribution in [3.05, 3.63) is 18.1 Å². The van der Waals surface area contributed by atoms with Gasteiger partial charge in [0.1, 0.15) is 12.1 Å². The lowest BCUT2D eigenvalue weighted by Gasteiger charge is -2.18. The van der Waals surface area contributed by atoms with Crippen molar-refractivity contribution in [3.63, 3.8) is 0 Å². The number of aromatic nitrogens is 2. The summed E-state index contributed by atoms with van der Waals surface area (Å²) in [5.74, 6) is 1.92. The predicted molar refractivity (Wildman–Crippen MR) is 77.4 cm³/mol. The molecule has 0 bridgehead atoms. The Morgan fingerprint density at radius 2 is 2.00 bits per heavy atom. The summed E-state index contributed by atoms with van der Waals surface area (Å²) >= 11 is 0. The molecule has 2 saturated heterocycles. The third-order valence-electron chi connectivity index (χ3n) is 4.33. The van der Waals surface area contributed by atoms with Crippen LogP contribution in [0.5, 0.6) is 0 Å². The van der Waals surface area contributed by atoms with Crippen LogP contribution >= 0.6 is 0 Å². The Morgan fingerprint density at radius 3 is 2.89 bits per heavy atom. The van der Waals surface area contributed by atoms with Gasteiger partial charge in [0.15, 0.2) is 0 Å². The molecule has 0 aromatic carbocycles. The summed E-state index contributed by atoms with van der Waals surface area (Å²) in [6.45, 7) is 4.65. The fourth-order valence-electron chi connectivity index (χ4n) is 3.21. The molecule has 1 unspecified atom stereocenters. The molecule has 4 nitrogen and oxygen atoms in total. The molecule has 4 heteroatoms. The summed E-state index contributed by atoms with van der Waals surface area (Å²) < 4.78 is 0. The lowest BCUT2D eigenvalue weighted by Crippen LogP contribution is -2.19. The lowest BCUT2D eigenvalue weighted by atomic mass is 9.95. The van der Waals surface area contributed by atoms with Gasteiger partial charge in [0.25, 0.3) is 0 Å². The first kappa shape index (κ1) is 12.9. The number of hydrogen-bond donors (Lipinski definition) is 1. The first-order chi connectivity index (χ1) is 9.42. The number of rotatable bonds is 3. The molecule has 3 heterocycles. The van der Waals surface area contributed by atoms with Crippen molar-refractivity contribution in [1.82, 2.24) is 15.3 Å². The highest BCUT2D eigenvalue weighted by molar-refractivity contribution is 5.39. The number of nitrogens with zero attached hydrogens (tertiary/aromatic N) is 3. The van der Waals surface area contributed by atoms with E-state index in [0.717, 1.165) is 37.8 Å². The molecular weight excluding hydrogens is 236 g/mol. The summed E-state index contributed by atoms with van der Waals surface area (Å²) in [5, 5.41) is 3.48. The molecule has 104 valence electrons. The van der Waals surface area contributed by atoms with E-state index in [9.17, 15) is 0 Å². The van der Waals surface area contributed by atoms with Gasteiger partial charge in [-0.25, -0.2) is 9.97 Å². The summed E-state index contributed by atoms with van der Waals surface area (Å²) in [5.41, 5.74) is 1.23. The molecular formula is C15H24N4. The molecule has 1 aromatic heterocycles. The smallest absolute Gasteiger partial charge is 0.132 e. The molecule has 19 heavy (non-hydrogen) atoms. The van der Waals surface area contributed by atoms with Gasteiger partial charge in [0.2, 0.25) is 0 Å². The second-order valence-electron chi connectivity index (χ2n) is 5.81. The zero-order valence-electron chi connectivity index (χ0n) is 11.6. The minimum Gasteiger partial charge on any atom is -0.357 e. The maximum absolute atomic E-state index is 4.48. The third-order valence-corrected chi connectivity index (χ3v) is 4.33. The number of nitrogens with one attached hydrogen (secondary N) is 1. The highest BCUT2D eigenvalue weighted by Gasteiger charge is 2.16. The molecule has 0 amide bonds. The van der Waals surface area contributed by atoms with Crippen LogP contribution in [0.4, 0.5) is 5.82 Å². The second kappa shape index (κ2) is 6.33. The summed E-state index contributed by atoms with van der Waals surface area (Å²) in [7, 11) is 0. The van der Waals surface area contributed by atoms with E-state index in [2.05, 4.69) is 26.3 Å². The Balaban J connectivity index is 1.64. The molecule has 0 aliphatic carbocycles. The number of hydrogen-bond acceptors (Lipinski definition) is 4. The van der Waals surface area contributed by atoms with Crippen LogP contribution in [0, 0.1) is 5.92 Å². The summed E-state index contributed by atoms with van der Waals surface area (Å²) in [4.78, 5) is 11.3. The maximum atomic E-state index is 4.48. The van der Waals surface area contributed by atoms with Crippen molar-refractivity contribution in [1.29, 1.82) is 0 Å². The van der Waals surface area contributed by atoms with Gasteiger partial charge < -0.3 is 10.2 Å². The summed E-state index contributed by atoms with van der Waals surface area (Å²) in [6.07, 6.45) is 9.37. The van der Waals surface area contributed by atoms with Gasteiger partial charge >= 0.3 is 0 Å². The largest absolute Gasteiger partial charge is 0.357 e. The van der Waals surface area contributed by atoms with Crippen LogP contribution in [0.1, 0.15) is 37.8 Å².